The molecule has 0 aliphatic heterocycles. The molecule has 116 valence electrons. The molecular weight excluding hydrogens is 284 g/mol. The van der Waals surface area contributed by atoms with Crippen molar-refractivity contribution < 1.29 is 9.90 Å². The number of amides is 2. The largest absolute Gasteiger partial charge is 0.396 e. The summed E-state index contributed by atoms with van der Waals surface area (Å²) in [5.41, 5.74) is 2.01. The lowest BCUT2D eigenvalue weighted by molar-refractivity contribution is 0.203. The van der Waals surface area contributed by atoms with Gasteiger partial charge in [-0.15, -0.1) is 0 Å². The molecule has 3 atom stereocenters. The summed E-state index contributed by atoms with van der Waals surface area (Å²) in [4.78, 5) is 12.1. The van der Waals surface area contributed by atoms with Crippen LogP contribution in [0.2, 0.25) is 0 Å². The lowest BCUT2D eigenvalue weighted by Crippen LogP contribution is -2.41. The highest BCUT2D eigenvalue weighted by Crippen LogP contribution is 2.28. The molecule has 0 spiro atoms. The van der Waals surface area contributed by atoms with Gasteiger partial charge in [-0.05, 0) is 43.7 Å². The maximum Gasteiger partial charge on any atom is 0.319 e. The summed E-state index contributed by atoms with van der Waals surface area (Å²) in [6.45, 7) is 2.29. The topological polar surface area (TPSA) is 61.4 Å². The zero-order chi connectivity index (χ0) is 15.2. The van der Waals surface area contributed by atoms with Gasteiger partial charge in [-0.2, -0.15) is 11.8 Å². The molecule has 0 bridgehead atoms. The van der Waals surface area contributed by atoms with E-state index in [4.69, 9.17) is 0 Å². The Morgan fingerprint density at radius 1 is 1.48 bits per heavy atom. The quantitative estimate of drug-likeness (QED) is 0.781. The zero-order valence-electron chi connectivity index (χ0n) is 12.6. The first-order chi connectivity index (χ1) is 10.1. The van der Waals surface area contributed by atoms with Gasteiger partial charge in [-0.3, -0.25) is 0 Å². The van der Waals surface area contributed by atoms with Gasteiger partial charge in [-0.1, -0.05) is 18.6 Å². The molecule has 0 saturated heterocycles. The normalized spacial score (nSPS) is 22.8. The summed E-state index contributed by atoms with van der Waals surface area (Å²) in [6, 6.07) is 7.85. The molecule has 1 aromatic carbocycles. The molecule has 1 aliphatic rings. The lowest BCUT2D eigenvalue weighted by Gasteiger charge is -2.19. The molecule has 1 fully saturated rings. The van der Waals surface area contributed by atoms with Crippen molar-refractivity contribution in [3.8, 4) is 0 Å². The Kier molecular flexibility index (Phi) is 5.94. The average molecular weight is 308 g/mol. The van der Waals surface area contributed by atoms with Crippen LogP contribution in [-0.4, -0.2) is 30.0 Å². The number of aliphatic hydroxyl groups is 1. The van der Waals surface area contributed by atoms with Crippen molar-refractivity contribution in [3.05, 3.63) is 29.8 Å². The van der Waals surface area contributed by atoms with Crippen LogP contribution >= 0.6 is 11.8 Å². The minimum Gasteiger partial charge on any atom is -0.396 e. The third kappa shape index (κ3) is 4.38. The molecule has 5 heteroatoms. The Morgan fingerprint density at radius 2 is 2.29 bits per heavy atom. The number of carbonyl (C=O) groups is 1. The van der Waals surface area contributed by atoms with E-state index in [0.29, 0.717) is 5.25 Å². The van der Waals surface area contributed by atoms with E-state index in [1.165, 1.54) is 5.56 Å². The number of urea groups is 1. The highest BCUT2D eigenvalue weighted by atomic mass is 32.2. The van der Waals surface area contributed by atoms with Crippen LogP contribution in [0.25, 0.3) is 0 Å². The molecule has 0 unspecified atom stereocenters. The van der Waals surface area contributed by atoms with Gasteiger partial charge in [0.1, 0.15) is 0 Å². The zero-order valence-corrected chi connectivity index (χ0v) is 13.5. The maximum atomic E-state index is 12.1. The van der Waals surface area contributed by atoms with Crippen LogP contribution in [-0.2, 0) is 0 Å². The van der Waals surface area contributed by atoms with Crippen LogP contribution in [0, 0.1) is 5.92 Å². The number of benzene rings is 1. The summed E-state index contributed by atoms with van der Waals surface area (Å²) in [7, 11) is 0. The Bertz CT molecular complexity index is 481. The van der Waals surface area contributed by atoms with Crippen molar-refractivity contribution in [1.29, 1.82) is 0 Å². The summed E-state index contributed by atoms with van der Waals surface area (Å²) in [6.07, 6.45) is 5.08. The first-order valence-corrected chi connectivity index (χ1v) is 8.74. The molecule has 21 heavy (non-hydrogen) atoms. The van der Waals surface area contributed by atoms with Crippen molar-refractivity contribution in [2.45, 2.75) is 37.5 Å². The van der Waals surface area contributed by atoms with Gasteiger partial charge in [-0.25, -0.2) is 4.79 Å². The van der Waals surface area contributed by atoms with Crippen molar-refractivity contribution in [2.75, 3.05) is 18.2 Å². The Balaban J connectivity index is 1.93. The van der Waals surface area contributed by atoms with E-state index < -0.39 is 0 Å². The number of carbonyl (C=O) groups excluding carboxylic acids is 1. The lowest BCUT2D eigenvalue weighted by atomic mass is 10.1. The van der Waals surface area contributed by atoms with Gasteiger partial charge in [0.15, 0.2) is 0 Å². The first kappa shape index (κ1) is 16.2. The number of thioether (sulfide) groups is 1. The SMILES string of the molecule is CS[C@H](C)c1cccc(NC(=O)N[C@@H]2CCC[C@H]2CO)c1. The molecule has 2 rings (SSSR count). The van der Waals surface area contributed by atoms with E-state index in [0.717, 1.165) is 24.9 Å². The molecule has 0 radical (unpaired) electrons. The predicted molar refractivity (Wildman–Crippen MR) is 88.7 cm³/mol. The smallest absolute Gasteiger partial charge is 0.319 e. The Morgan fingerprint density at radius 3 is 3.00 bits per heavy atom. The molecule has 0 aromatic heterocycles. The van der Waals surface area contributed by atoms with Gasteiger partial charge < -0.3 is 15.7 Å². The minimum atomic E-state index is -0.186. The molecule has 3 N–H and O–H groups in total. The van der Waals surface area contributed by atoms with E-state index in [1.54, 1.807) is 11.8 Å². The third-order valence-electron chi connectivity index (χ3n) is 4.18. The minimum absolute atomic E-state index is 0.0864. The van der Waals surface area contributed by atoms with Crippen molar-refractivity contribution in [2.24, 2.45) is 5.92 Å². The van der Waals surface area contributed by atoms with Gasteiger partial charge >= 0.3 is 6.03 Å². The fraction of sp³-hybridized carbons (Fsp3) is 0.562. The number of nitrogens with one attached hydrogen (secondary N) is 2. The Hall–Kier alpha value is -1.20. The number of rotatable bonds is 5. The first-order valence-electron chi connectivity index (χ1n) is 7.45. The monoisotopic (exact) mass is 308 g/mol. The van der Waals surface area contributed by atoms with Crippen molar-refractivity contribution in [1.82, 2.24) is 5.32 Å². The van der Waals surface area contributed by atoms with Gasteiger partial charge in [0, 0.05) is 29.5 Å². The van der Waals surface area contributed by atoms with E-state index >= 15 is 0 Å². The number of hydrogen-bond acceptors (Lipinski definition) is 3. The highest BCUT2D eigenvalue weighted by Gasteiger charge is 2.27. The molecule has 1 aromatic rings. The van der Waals surface area contributed by atoms with E-state index in [2.05, 4.69) is 29.9 Å². The van der Waals surface area contributed by atoms with Crippen LogP contribution in [0.3, 0.4) is 0 Å². The summed E-state index contributed by atoms with van der Waals surface area (Å²) in [5.74, 6) is 0.193. The van der Waals surface area contributed by atoms with Crippen molar-refractivity contribution in [3.63, 3.8) is 0 Å². The molecule has 0 heterocycles. The fourth-order valence-electron chi connectivity index (χ4n) is 2.79. The summed E-state index contributed by atoms with van der Waals surface area (Å²) >= 11 is 1.78. The van der Waals surface area contributed by atoms with Crippen LogP contribution in [0.15, 0.2) is 24.3 Å². The van der Waals surface area contributed by atoms with Crippen LogP contribution in [0.4, 0.5) is 10.5 Å². The number of hydrogen-bond donors (Lipinski definition) is 3. The van der Waals surface area contributed by atoms with Crippen LogP contribution < -0.4 is 10.6 Å². The second-order valence-electron chi connectivity index (χ2n) is 5.58. The van der Waals surface area contributed by atoms with Crippen LogP contribution in [0.1, 0.15) is 37.0 Å². The van der Waals surface area contributed by atoms with E-state index in [9.17, 15) is 9.90 Å². The molecule has 2 amide bonds. The van der Waals surface area contributed by atoms with Crippen molar-refractivity contribution >= 4 is 23.5 Å². The molecule has 4 nitrogen and oxygen atoms in total. The molecule has 1 aliphatic carbocycles. The average Bonchev–Trinajstić information content (AvgIpc) is 2.93. The van der Waals surface area contributed by atoms with Gasteiger partial charge in [0.2, 0.25) is 0 Å². The molecular formula is C16H24N2O2S. The maximum absolute atomic E-state index is 12.1. The fourth-order valence-corrected chi connectivity index (χ4v) is 3.21. The van der Waals surface area contributed by atoms with Crippen LogP contribution in [0.5, 0.6) is 0 Å². The summed E-state index contributed by atoms with van der Waals surface area (Å²) in [5, 5.41) is 15.6. The van der Waals surface area contributed by atoms with E-state index in [1.807, 2.05) is 18.2 Å². The highest BCUT2D eigenvalue weighted by molar-refractivity contribution is 7.98. The van der Waals surface area contributed by atoms with E-state index in [-0.39, 0.29) is 24.6 Å². The Labute approximate surface area is 130 Å². The van der Waals surface area contributed by atoms with Gasteiger partial charge in [0.25, 0.3) is 0 Å². The van der Waals surface area contributed by atoms with Gasteiger partial charge in [0.05, 0.1) is 0 Å². The predicted octanol–water partition coefficient (Wildman–Crippen LogP) is 3.39. The standard InChI is InChI=1S/C16H24N2O2S/c1-11(21-2)12-5-3-7-14(9-12)17-16(20)18-15-8-4-6-13(15)10-19/h3,5,7,9,11,13,15,19H,4,6,8,10H2,1-2H3,(H2,17,18,20)/t11-,13+,15-/m1/s1. The number of aliphatic hydroxyl groups excluding tert-OH is 1. The third-order valence-corrected chi connectivity index (χ3v) is 5.16. The summed E-state index contributed by atoms with van der Waals surface area (Å²) < 4.78 is 0. The molecule has 1 saturated carbocycles. The number of anilines is 1. The second kappa shape index (κ2) is 7.71. The second-order valence-corrected chi connectivity index (χ2v) is 6.76.